The minimum absolute atomic E-state index is 0.115. The summed E-state index contributed by atoms with van der Waals surface area (Å²) in [5.74, 6) is -0.115. The van der Waals surface area contributed by atoms with Crippen LogP contribution in [-0.2, 0) is 0 Å². The molecule has 1 aromatic heterocycles. The summed E-state index contributed by atoms with van der Waals surface area (Å²) in [5.41, 5.74) is 1.63. The maximum atomic E-state index is 12.0. The second kappa shape index (κ2) is 5.42. The number of carbonyl (C=O) groups excluding carboxylic acids is 1. The van der Waals surface area contributed by atoms with E-state index < -0.39 is 0 Å². The van der Waals surface area contributed by atoms with Crippen molar-refractivity contribution in [2.75, 3.05) is 24.3 Å². The number of carbonyl (C=O) groups is 1. The number of thiophene rings is 1. The summed E-state index contributed by atoms with van der Waals surface area (Å²) in [4.78, 5) is 14.6. The standard InChI is InChI=1S/C13H13ClN2OS/c1-16(2)11-6-5-9(14)8-10(11)15-13(17)12-4-3-7-18-12/h3-8H,1-2H3,(H,15,17). The first-order valence-electron chi connectivity index (χ1n) is 5.39. The SMILES string of the molecule is CN(C)c1ccc(Cl)cc1NC(=O)c1cccs1. The summed E-state index contributed by atoms with van der Waals surface area (Å²) < 4.78 is 0. The van der Waals surface area contributed by atoms with Crippen molar-refractivity contribution in [2.45, 2.75) is 0 Å². The number of anilines is 2. The zero-order valence-electron chi connectivity index (χ0n) is 10.1. The summed E-state index contributed by atoms with van der Waals surface area (Å²) in [6.45, 7) is 0. The number of nitrogens with zero attached hydrogens (tertiary/aromatic N) is 1. The zero-order chi connectivity index (χ0) is 13.1. The topological polar surface area (TPSA) is 32.3 Å². The Kier molecular flexibility index (Phi) is 3.89. The van der Waals surface area contributed by atoms with Gasteiger partial charge < -0.3 is 10.2 Å². The van der Waals surface area contributed by atoms with E-state index in [4.69, 9.17) is 11.6 Å². The highest BCUT2D eigenvalue weighted by Crippen LogP contribution is 2.28. The highest BCUT2D eigenvalue weighted by molar-refractivity contribution is 7.12. The van der Waals surface area contributed by atoms with Crippen molar-refractivity contribution in [3.05, 3.63) is 45.6 Å². The Morgan fingerprint density at radius 1 is 1.33 bits per heavy atom. The number of amides is 1. The molecule has 0 aliphatic heterocycles. The van der Waals surface area contributed by atoms with Crippen LogP contribution in [0.1, 0.15) is 9.67 Å². The average Bonchev–Trinajstić information content (AvgIpc) is 2.81. The maximum Gasteiger partial charge on any atom is 0.265 e. The highest BCUT2D eigenvalue weighted by Gasteiger charge is 2.11. The van der Waals surface area contributed by atoms with E-state index in [1.165, 1.54) is 11.3 Å². The molecule has 2 rings (SSSR count). The number of hydrogen-bond donors (Lipinski definition) is 1. The molecule has 3 nitrogen and oxygen atoms in total. The first kappa shape index (κ1) is 12.9. The second-order valence-corrected chi connectivity index (χ2v) is 5.37. The molecule has 18 heavy (non-hydrogen) atoms. The lowest BCUT2D eigenvalue weighted by Crippen LogP contribution is -2.16. The van der Waals surface area contributed by atoms with Crippen molar-refractivity contribution >= 4 is 40.2 Å². The van der Waals surface area contributed by atoms with Gasteiger partial charge in [0.25, 0.3) is 5.91 Å². The van der Waals surface area contributed by atoms with E-state index in [9.17, 15) is 4.79 Å². The third-order valence-electron chi connectivity index (χ3n) is 2.43. The molecule has 1 aromatic carbocycles. The van der Waals surface area contributed by atoms with Crippen LogP contribution in [-0.4, -0.2) is 20.0 Å². The molecule has 0 spiro atoms. The second-order valence-electron chi connectivity index (χ2n) is 3.99. The van der Waals surface area contributed by atoms with Crippen LogP contribution in [0.25, 0.3) is 0 Å². The van der Waals surface area contributed by atoms with E-state index in [2.05, 4.69) is 5.32 Å². The van der Waals surface area contributed by atoms with Crippen LogP contribution >= 0.6 is 22.9 Å². The molecule has 1 heterocycles. The fourth-order valence-corrected chi connectivity index (χ4v) is 2.38. The molecule has 0 saturated carbocycles. The van der Waals surface area contributed by atoms with Gasteiger partial charge in [-0.2, -0.15) is 0 Å². The lowest BCUT2D eigenvalue weighted by molar-refractivity contribution is 0.103. The molecular weight excluding hydrogens is 268 g/mol. The molecule has 0 radical (unpaired) electrons. The number of benzene rings is 1. The van der Waals surface area contributed by atoms with Crippen LogP contribution in [0.4, 0.5) is 11.4 Å². The predicted molar refractivity (Wildman–Crippen MR) is 78.1 cm³/mol. The van der Waals surface area contributed by atoms with Gasteiger partial charge in [0.15, 0.2) is 0 Å². The Labute approximate surface area is 115 Å². The van der Waals surface area contributed by atoms with Gasteiger partial charge in [0.05, 0.1) is 16.3 Å². The zero-order valence-corrected chi connectivity index (χ0v) is 11.7. The molecular formula is C13H13ClN2OS. The molecule has 0 aliphatic rings. The van der Waals surface area contributed by atoms with Crippen molar-refractivity contribution in [2.24, 2.45) is 0 Å². The summed E-state index contributed by atoms with van der Waals surface area (Å²) in [5, 5.41) is 5.35. The van der Waals surface area contributed by atoms with Gasteiger partial charge in [-0.25, -0.2) is 0 Å². The van der Waals surface area contributed by atoms with E-state index in [0.29, 0.717) is 15.6 Å². The maximum absolute atomic E-state index is 12.0. The fraction of sp³-hybridized carbons (Fsp3) is 0.154. The van der Waals surface area contributed by atoms with Crippen molar-refractivity contribution in [1.29, 1.82) is 0 Å². The largest absolute Gasteiger partial charge is 0.376 e. The van der Waals surface area contributed by atoms with Crippen LogP contribution in [0.5, 0.6) is 0 Å². The average molecular weight is 281 g/mol. The first-order chi connectivity index (χ1) is 8.58. The molecule has 0 saturated heterocycles. The number of nitrogens with one attached hydrogen (secondary N) is 1. The summed E-state index contributed by atoms with van der Waals surface area (Å²) in [6, 6.07) is 9.08. The molecule has 1 amide bonds. The lowest BCUT2D eigenvalue weighted by Gasteiger charge is -2.18. The molecule has 5 heteroatoms. The molecule has 0 atom stereocenters. The van der Waals surface area contributed by atoms with E-state index in [0.717, 1.165) is 5.69 Å². The van der Waals surface area contributed by atoms with Crippen LogP contribution in [0.2, 0.25) is 5.02 Å². The molecule has 0 unspecified atom stereocenters. The molecule has 94 valence electrons. The van der Waals surface area contributed by atoms with E-state index in [1.807, 2.05) is 36.5 Å². The molecule has 1 N–H and O–H groups in total. The van der Waals surface area contributed by atoms with E-state index in [1.54, 1.807) is 18.2 Å². The molecule has 0 bridgehead atoms. The Morgan fingerprint density at radius 3 is 2.72 bits per heavy atom. The summed E-state index contributed by atoms with van der Waals surface area (Å²) in [6.07, 6.45) is 0. The van der Waals surface area contributed by atoms with Crippen LogP contribution in [0.3, 0.4) is 0 Å². The van der Waals surface area contributed by atoms with Gasteiger partial charge in [0, 0.05) is 19.1 Å². The van der Waals surface area contributed by atoms with E-state index in [-0.39, 0.29) is 5.91 Å². The predicted octanol–water partition coefficient (Wildman–Crippen LogP) is 3.72. The van der Waals surface area contributed by atoms with Crippen molar-refractivity contribution in [1.82, 2.24) is 0 Å². The van der Waals surface area contributed by atoms with Gasteiger partial charge >= 0.3 is 0 Å². The van der Waals surface area contributed by atoms with Crippen LogP contribution < -0.4 is 10.2 Å². The van der Waals surface area contributed by atoms with Gasteiger partial charge in [-0.15, -0.1) is 11.3 Å². The van der Waals surface area contributed by atoms with Gasteiger partial charge in [-0.3, -0.25) is 4.79 Å². The quantitative estimate of drug-likeness (QED) is 0.929. The lowest BCUT2D eigenvalue weighted by atomic mass is 10.2. The van der Waals surface area contributed by atoms with Crippen LogP contribution in [0.15, 0.2) is 35.7 Å². The number of hydrogen-bond acceptors (Lipinski definition) is 3. The van der Waals surface area contributed by atoms with Crippen LogP contribution in [0, 0.1) is 0 Å². The minimum Gasteiger partial charge on any atom is -0.376 e. The smallest absolute Gasteiger partial charge is 0.265 e. The Morgan fingerprint density at radius 2 is 2.11 bits per heavy atom. The third kappa shape index (κ3) is 2.83. The van der Waals surface area contributed by atoms with Gasteiger partial charge in [-0.05, 0) is 29.6 Å². The van der Waals surface area contributed by atoms with Crippen molar-refractivity contribution < 1.29 is 4.79 Å². The number of halogens is 1. The van der Waals surface area contributed by atoms with E-state index >= 15 is 0 Å². The summed E-state index contributed by atoms with van der Waals surface area (Å²) >= 11 is 7.37. The monoisotopic (exact) mass is 280 g/mol. The third-order valence-corrected chi connectivity index (χ3v) is 3.54. The minimum atomic E-state index is -0.115. The van der Waals surface area contributed by atoms with Gasteiger partial charge in [0.2, 0.25) is 0 Å². The Balaban J connectivity index is 2.28. The Bertz CT molecular complexity index is 552. The number of rotatable bonds is 3. The molecule has 2 aromatic rings. The van der Waals surface area contributed by atoms with Gasteiger partial charge in [0.1, 0.15) is 0 Å². The van der Waals surface area contributed by atoms with Crippen molar-refractivity contribution in [3.8, 4) is 0 Å². The molecule has 0 aliphatic carbocycles. The Hall–Kier alpha value is -1.52. The van der Waals surface area contributed by atoms with Gasteiger partial charge in [-0.1, -0.05) is 17.7 Å². The highest BCUT2D eigenvalue weighted by atomic mass is 35.5. The fourth-order valence-electron chi connectivity index (χ4n) is 1.59. The van der Waals surface area contributed by atoms with Crippen molar-refractivity contribution in [3.63, 3.8) is 0 Å². The first-order valence-corrected chi connectivity index (χ1v) is 6.65. The molecule has 0 fully saturated rings. The summed E-state index contributed by atoms with van der Waals surface area (Å²) in [7, 11) is 3.84. The normalized spacial score (nSPS) is 10.2.